The van der Waals surface area contributed by atoms with Crippen molar-refractivity contribution in [3.8, 4) is 5.69 Å². The lowest BCUT2D eigenvalue weighted by Gasteiger charge is -2.06. The number of benzene rings is 1. The lowest BCUT2D eigenvalue weighted by atomic mass is 10.2. The monoisotopic (exact) mass is 243 g/mol. The Labute approximate surface area is 109 Å². The van der Waals surface area contributed by atoms with Gasteiger partial charge in [-0.3, -0.25) is 0 Å². The average molecular weight is 243 g/mol. The van der Waals surface area contributed by atoms with Crippen molar-refractivity contribution in [2.45, 2.75) is 27.3 Å². The fraction of sp³-hybridized carbons (Fsp3) is 0.400. The predicted molar refractivity (Wildman–Crippen MR) is 74.8 cm³/mol. The first kappa shape index (κ1) is 12.8. The van der Waals surface area contributed by atoms with Gasteiger partial charge >= 0.3 is 0 Å². The quantitative estimate of drug-likeness (QED) is 0.875. The molecule has 1 aromatic heterocycles. The summed E-state index contributed by atoms with van der Waals surface area (Å²) in [7, 11) is 0. The smallest absolute Gasteiger partial charge is 0.0766 e. The largest absolute Gasteiger partial charge is 0.311 e. The normalized spacial score (nSPS) is 11.1. The second-order valence-corrected chi connectivity index (χ2v) is 5.06. The Kier molecular flexibility index (Phi) is 4.15. The van der Waals surface area contributed by atoms with Crippen LogP contribution < -0.4 is 5.32 Å². The standard InChI is InChI=1S/C15H21N3/c1-12(2)10-16-11-14-8-9-18(17-14)15-7-5-4-6-13(15)3/h4-9,12,16H,10-11H2,1-3H3. The van der Waals surface area contributed by atoms with Crippen LogP contribution in [0.5, 0.6) is 0 Å². The highest BCUT2D eigenvalue weighted by atomic mass is 15.3. The van der Waals surface area contributed by atoms with Gasteiger partial charge in [0.05, 0.1) is 11.4 Å². The van der Waals surface area contributed by atoms with Crippen LogP contribution in [0.1, 0.15) is 25.1 Å². The van der Waals surface area contributed by atoms with Gasteiger partial charge in [-0.1, -0.05) is 32.0 Å². The van der Waals surface area contributed by atoms with Crippen LogP contribution >= 0.6 is 0 Å². The maximum atomic E-state index is 4.59. The number of aromatic nitrogens is 2. The number of nitrogens with one attached hydrogen (secondary N) is 1. The van der Waals surface area contributed by atoms with Crippen molar-refractivity contribution in [2.24, 2.45) is 5.92 Å². The van der Waals surface area contributed by atoms with Gasteiger partial charge in [0.2, 0.25) is 0 Å². The first-order valence-corrected chi connectivity index (χ1v) is 6.48. The Bertz CT molecular complexity index is 500. The topological polar surface area (TPSA) is 29.9 Å². The molecule has 0 amide bonds. The number of nitrogens with zero attached hydrogens (tertiary/aromatic N) is 2. The molecule has 0 radical (unpaired) electrons. The fourth-order valence-corrected chi connectivity index (χ4v) is 1.90. The third-order valence-corrected chi connectivity index (χ3v) is 2.87. The van der Waals surface area contributed by atoms with E-state index >= 15 is 0 Å². The molecule has 96 valence electrons. The molecular formula is C15H21N3. The first-order chi connectivity index (χ1) is 8.66. The minimum atomic E-state index is 0.670. The van der Waals surface area contributed by atoms with Crippen LogP contribution in [0.2, 0.25) is 0 Å². The highest BCUT2D eigenvalue weighted by molar-refractivity contribution is 5.39. The van der Waals surface area contributed by atoms with E-state index in [0.29, 0.717) is 5.92 Å². The van der Waals surface area contributed by atoms with Gasteiger partial charge in [0.25, 0.3) is 0 Å². The minimum Gasteiger partial charge on any atom is -0.311 e. The predicted octanol–water partition coefficient (Wildman–Crippen LogP) is 2.93. The number of rotatable bonds is 5. The Morgan fingerprint density at radius 1 is 1.22 bits per heavy atom. The van der Waals surface area contributed by atoms with Gasteiger partial charge in [-0.05, 0) is 37.1 Å². The molecule has 0 fully saturated rings. The molecule has 0 atom stereocenters. The van der Waals surface area contributed by atoms with Gasteiger partial charge in [-0.15, -0.1) is 0 Å². The molecule has 0 bridgehead atoms. The molecule has 1 heterocycles. The summed E-state index contributed by atoms with van der Waals surface area (Å²) < 4.78 is 1.95. The molecule has 1 aromatic carbocycles. The molecule has 2 rings (SSSR count). The fourth-order valence-electron chi connectivity index (χ4n) is 1.90. The van der Waals surface area contributed by atoms with Gasteiger partial charge in [-0.25, -0.2) is 4.68 Å². The zero-order chi connectivity index (χ0) is 13.0. The summed E-state index contributed by atoms with van der Waals surface area (Å²) in [6, 6.07) is 10.4. The second kappa shape index (κ2) is 5.83. The van der Waals surface area contributed by atoms with Crippen molar-refractivity contribution in [2.75, 3.05) is 6.54 Å². The maximum Gasteiger partial charge on any atom is 0.0766 e. The maximum absolute atomic E-state index is 4.59. The van der Waals surface area contributed by atoms with E-state index in [9.17, 15) is 0 Å². The van der Waals surface area contributed by atoms with Crippen LogP contribution in [-0.4, -0.2) is 16.3 Å². The van der Waals surface area contributed by atoms with Crippen LogP contribution in [0, 0.1) is 12.8 Å². The van der Waals surface area contributed by atoms with Gasteiger partial charge < -0.3 is 5.32 Å². The molecule has 18 heavy (non-hydrogen) atoms. The molecule has 0 aliphatic rings. The molecule has 3 heteroatoms. The zero-order valence-electron chi connectivity index (χ0n) is 11.4. The van der Waals surface area contributed by atoms with Crippen LogP contribution in [0.25, 0.3) is 5.69 Å². The molecule has 0 aliphatic heterocycles. The Hall–Kier alpha value is -1.61. The van der Waals surface area contributed by atoms with E-state index < -0.39 is 0 Å². The lowest BCUT2D eigenvalue weighted by molar-refractivity contribution is 0.546. The summed E-state index contributed by atoms with van der Waals surface area (Å²) >= 11 is 0. The van der Waals surface area contributed by atoms with Gasteiger partial charge in [-0.2, -0.15) is 5.10 Å². The highest BCUT2D eigenvalue weighted by Crippen LogP contribution is 2.12. The molecule has 3 nitrogen and oxygen atoms in total. The summed E-state index contributed by atoms with van der Waals surface area (Å²) in [5.74, 6) is 0.670. The number of hydrogen-bond donors (Lipinski definition) is 1. The molecule has 0 spiro atoms. The summed E-state index contributed by atoms with van der Waals surface area (Å²) in [6.45, 7) is 8.37. The molecule has 0 aliphatic carbocycles. The molecule has 2 aromatic rings. The van der Waals surface area contributed by atoms with Crippen LogP contribution in [-0.2, 0) is 6.54 Å². The highest BCUT2D eigenvalue weighted by Gasteiger charge is 2.03. The van der Waals surface area contributed by atoms with Crippen molar-refractivity contribution >= 4 is 0 Å². The van der Waals surface area contributed by atoms with E-state index in [4.69, 9.17) is 0 Å². The van der Waals surface area contributed by atoms with Crippen molar-refractivity contribution in [3.05, 3.63) is 47.8 Å². The minimum absolute atomic E-state index is 0.670. The lowest BCUT2D eigenvalue weighted by Crippen LogP contribution is -2.19. The van der Waals surface area contributed by atoms with E-state index in [2.05, 4.69) is 49.4 Å². The van der Waals surface area contributed by atoms with E-state index in [-0.39, 0.29) is 0 Å². The third-order valence-electron chi connectivity index (χ3n) is 2.87. The van der Waals surface area contributed by atoms with E-state index in [1.165, 1.54) is 5.56 Å². The van der Waals surface area contributed by atoms with Crippen molar-refractivity contribution in [1.29, 1.82) is 0 Å². The summed E-state index contributed by atoms with van der Waals surface area (Å²) in [4.78, 5) is 0. The number of hydrogen-bond acceptors (Lipinski definition) is 2. The zero-order valence-corrected chi connectivity index (χ0v) is 11.4. The van der Waals surface area contributed by atoms with E-state index in [1.54, 1.807) is 0 Å². The van der Waals surface area contributed by atoms with Crippen molar-refractivity contribution in [1.82, 2.24) is 15.1 Å². The number of para-hydroxylation sites is 1. The van der Waals surface area contributed by atoms with E-state index in [0.717, 1.165) is 24.5 Å². The van der Waals surface area contributed by atoms with Crippen LogP contribution in [0.3, 0.4) is 0 Å². The average Bonchev–Trinajstić information content (AvgIpc) is 2.78. The third kappa shape index (κ3) is 3.20. The Morgan fingerprint density at radius 2 is 2.00 bits per heavy atom. The van der Waals surface area contributed by atoms with Crippen LogP contribution in [0.4, 0.5) is 0 Å². The first-order valence-electron chi connectivity index (χ1n) is 6.48. The second-order valence-electron chi connectivity index (χ2n) is 5.06. The Morgan fingerprint density at radius 3 is 2.72 bits per heavy atom. The molecule has 0 unspecified atom stereocenters. The van der Waals surface area contributed by atoms with Crippen molar-refractivity contribution < 1.29 is 0 Å². The number of aryl methyl sites for hydroxylation is 1. The summed E-state index contributed by atoms with van der Waals surface area (Å²) in [5.41, 5.74) is 3.47. The summed E-state index contributed by atoms with van der Waals surface area (Å²) in [6.07, 6.45) is 2.02. The van der Waals surface area contributed by atoms with Gasteiger partial charge in [0.15, 0.2) is 0 Å². The summed E-state index contributed by atoms with van der Waals surface area (Å²) in [5, 5.41) is 8.00. The molecule has 0 saturated heterocycles. The molecule has 0 saturated carbocycles. The molecule has 1 N–H and O–H groups in total. The van der Waals surface area contributed by atoms with Crippen LogP contribution in [0.15, 0.2) is 36.5 Å². The Balaban J connectivity index is 2.04. The van der Waals surface area contributed by atoms with E-state index in [1.807, 2.05) is 23.0 Å². The van der Waals surface area contributed by atoms with Crippen molar-refractivity contribution in [3.63, 3.8) is 0 Å². The van der Waals surface area contributed by atoms with Gasteiger partial charge in [0, 0.05) is 12.7 Å². The SMILES string of the molecule is Cc1ccccc1-n1ccc(CNCC(C)C)n1. The molecular weight excluding hydrogens is 222 g/mol. The van der Waals surface area contributed by atoms with Gasteiger partial charge in [0.1, 0.15) is 0 Å².